The minimum Gasteiger partial charge on any atom is -0.495 e. The maximum atomic E-state index is 12.4. The molecule has 0 radical (unpaired) electrons. The minimum atomic E-state index is -0.107. The predicted octanol–water partition coefficient (Wildman–Crippen LogP) is 2.20. The van der Waals surface area contributed by atoms with Crippen LogP contribution >= 0.6 is 0 Å². The van der Waals surface area contributed by atoms with Gasteiger partial charge >= 0.3 is 0 Å². The standard InChI is InChI=1S/C20H26N4O3/c1-15-3-4-18(26-2)17(13-15)23-19-14-16(5-6-21-19)20(25)22-7-8-24-9-11-27-12-10-24/h3-6,13-14H,7-12H2,1-2H3,(H,21,23)(H,22,25). The number of aryl methyl sites for hydroxylation is 1. The van der Waals surface area contributed by atoms with E-state index in [1.54, 1.807) is 25.4 Å². The Morgan fingerprint density at radius 1 is 1.26 bits per heavy atom. The van der Waals surface area contributed by atoms with E-state index in [2.05, 4.69) is 20.5 Å². The van der Waals surface area contributed by atoms with Gasteiger partial charge in [0.05, 0.1) is 26.0 Å². The minimum absolute atomic E-state index is 0.107. The van der Waals surface area contributed by atoms with E-state index in [0.717, 1.165) is 49.8 Å². The molecule has 1 amide bonds. The lowest BCUT2D eigenvalue weighted by Crippen LogP contribution is -2.41. The molecule has 0 bridgehead atoms. The highest BCUT2D eigenvalue weighted by Gasteiger charge is 2.12. The second-order valence-electron chi connectivity index (χ2n) is 6.47. The molecule has 0 saturated carbocycles. The molecule has 27 heavy (non-hydrogen) atoms. The van der Waals surface area contributed by atoms with Crippen LogP contribution in [0.25, 0.3) is 0 Å². The van der Waals surface area contributed by atoms with Gasteiger partial charge in [0.15, 0.2) is 0 Å². The summed E-state index contributed by atoms with van der Waals surface area (Å²) in [7, 11) is 1.63. The number of nitrogens with zero attached hydrogens (tertiary/aromatic N) is 2. The fraction of sp³-hybridized carbons (Fsp3) is 0.400. The highest BCUT2D eigenvalue weighted by molar-refractivity contribution is 5.95. The van der Waals surface area contributed by atoms with Crippen LogP contribution < -0.4 is 15.4 Å². The molecule has 1 aromatic heterocycles. The number of ether oxygens (including phenoxy) is 2. The van der Waals surface area contributed by atoms with E-state index >= 15 is 0 Å². The largest absolute Gasteiger partial charge is 0.495 e. The molecule has 2 aromatic rings. The average molecular weight is 370 g/mol. The Morgan fingerprint density at radius 3 is 2.85 bits per heavy atom. The SMILES string of the molecule is COc1ccc(C)cc1Nc1cc(C(=O)NCCN2CCOCC2)ccn1. The van der Waals surface area contributed by atoms with Gasteiger partial charge in [0.25, 0.3) is 5.91 Å². The number of carbonyl (C=O) groups excluding carboxylic acids is 1. The van der Waals surface area contributed by atoms with Crippen LogP contribution in [0, 0.1) is 6.92 Å². The molecule has 7 heteroatoms. The summed E-state index contributed by atoms with van der Waals surface area (Å²) in [5, 5.41) is 6.20. The Morgan fingerprint density at radius 2 is 2.07 bits per heavy atom. The van der Waals surface area contributed by atoms with E-state index in [-0.39, 0.29) is 5.91 Å². The number of amides is 1. The third-order valence-corrected chi connectivity index (χ3v) is 4.46. The number of pyridine rings is 1. The molecular formula is C20H26N4O3. The van der Waals surface area contributed by atoms with Crippen LogP contribution in [0.3, 0.4) is 0 Å². The van der Waals surface area contributed by atoms with Gasteiger partial charge in [0.1, 0.15) is 11.6 Å². The third-order valence-electron chi connectivity index (χ3n) is 4.46. The quantitative estimate of drug-likeness (QED) is 0.778. The number of nitrogens with one attached hydrogen (secondary N) is 2. The number of carbonyl (C=O) groups is 1. The lowest BCUT2D eigenvalue weighted by molar-refractivity contribution is 0.0383. The van der Waals surface area contributed by atoms with Crippen LogP contribution in [0.2, 0.25) is 0 Å². The van der Waals surface area contributed by atoms with Crippen molar-refractivity contribution in [2.75, 3.05) is 51.8 Å². The topological polar surface area (TPSA) is 75.7 Å². The van der Waals surface area contributed by atoms with Crippen molar-refractivity contribution in [3.05, 3.63) is 47.7 Å². The second-order valence-corrected chi connectivity index (χ2v) is 6.47. The third kappa shape index (κ3) is 5.42. The van der Waals surface area contributed by atoms with Gasteiger partial charge in [-0.1, -0.05) is 6.07 Å². The fourth-order valence-corrected chi connectivity index (χ4v) is 2.95. The molecule has 2 heterocycles. The lowest BCUT2D eigenvalue weighted by Gasteiger charge is -2.26. The van der Waals surface area contributed by atoms with Crippen molar-refractivity contribution < 1.29 is 14.3 Å². The first-order valence-electron chi connectivity index (χ1n) is 9.12. The molecular weight excluding hydrogens is 344 g/mol. The summed E-state index contributed by atoms with van der Waals surface area (Å²) in [6, 6.07) is 9.32. The number of methoxy groups -OCH3 is 1. The molecule has 0 atom stereocenters. The van der Waals surface area contributed by atoms with Gasteiger partial charge in [-0.2, -0.15) is 0 Å². The van der Waals surface area contributed by atoms with Gasteiger partial charge in [0.2, 0.25) is 0 Å². The van der Waals surface area contributed by atoms with Crippen LogP contribution in [-0.2, 0) is 4.74 Å². The summed E-state index contributed by atoms with van der Waals surface area (Å²) in [6.07, 6.45) is 1.63. The summed E-state index contributed by atoms with van der Waals surface area (Å²) in [5.41, 5.74) is 2.49. The number of morpholine rings is 1. The lowest BCUT2D eigenvalue weighted by atomic mass is 10.2. The van der Waals surface area contributed by atoms with Crippen molar-refractivity contribution in [3.8, 4) is 5.75 Å². The average Bonchev–Trinajstić information content (AvgIpc) is 2.69. The Balaban J connectivity index is 1.59. The monoisotopic (exact) mass is 370 g/mol. The van der Waals surface area contributed by atoms with Crippen LogP contribution in [-0.4, -0.2) is 62.3 Å². The summed E-state index contributed by atoms with van der Waals surface area (Å²) in [6.45, 7) is 6.79. The van der Waals surface area contributed by atoms with Crippen molar-refractivity contribution >= 4 is 17.4 Å². The molecule has 1 aliphatic rings. The highest BCUT2D eigenvalue weighted by atomic mass is 16.5. The van der Waals surface area contributed by atoms with Crippen molar-refractivity contribution in [2.45, 2.75) is 6.92 Å². The Labute approximate surface area is 159 Å². The van der Waals surface area contributed by atoms with Crippen molar-refractivity contribution in [2.24, 2.45) is 0 Å². The molecule has 1 aliphatic heterocycles. The molecule has 2 N–H and O–H groups in total. The first-order valence-corrected chi connectivity index (χ1v) is 9.12. The molecule has 0 aliphatic carbocycles. The van der Waals surface area contributed by atoms with E-state index in [0.29, 0.717) is 17.9 Å². The predicted molar refractivity (Wildman–Crippen MR) is 105 cm³/mol. The zero-order valence-electron chi connectivity index (χ0n) is 15.8. The van der Waals surface area contributed by atoms with Gasteiger partial charge in [0, 0.05) is 37.9 Å². The van der Waals surface area contributed by atoms with E-state index in [9.17, 15) is 4.79 Å². The van der Waals surface area contributed by atoms with Gasteiger partial charge in [-0.15, -0.1) is 0 Å². The first-order chi connectivity index (χ1) is 13.2. The van der Waals surface area contributed by atoms with Crippen molar-refractivity contribution in [1.82, 2.24) is 15.2 Å². The number of benzene rings is 1. The van der Waals surface area contributed by atoms with Crippen LogP contribution in [0.5, 0.6) is 5.75 Å². The van der Waals surface area contributed by atoms with E-state index < -0.39 is 0 Å². The number of aromatic nitrogens is 1. The van der Waals surface area contributed by atoms with Gasteiger partial charge in [-0.25, -0.2) is 4.98 Å². The van der Waals surface area contributed by atoms with Gasteiger partial charge in [-0.3, -0.25) is 9.69 Å². The normalized spacial score (nSPS) is 14.6. The van der Waals surface area contributed by atoms with E-state index in [1.165, 1.54) is 0 Å². The van der Waals surface area contributed by atoms with Gasteiger partial charge < -0.3 is 20.1 Å². The summed E-state index contributed by atoms with van der Waals surface area (Å²) in [5.74, 6) is 1.22. The molecule has 7 nitrogen and oxygen atoms in total. The Bertz CT molecular complexity index is 776. The maximum Gasteiger partial charge on any atom is 0.251 e. The van der Waals surface area contributed by atoms with Crippen LogP contribution in [0.4, 0.5) is 11.5 Å². The zero-order valence-corrected chi connectivity index (χ0v) is 15.8. The van der Waals surface area contributed by atoms with Crippen LogP contribution in [0.15, 0.2) is 36.5 Å². The molecule has 1 aromatic carbocycles. The summed E-state index contributed by atoms with van der Waals surface area (Å²) < 4.78 is 10.7. The summed E-state index contributed by atoms with van der Waals surface area (Å²) in [4.78, 5) is 19.0. The zero-order chi connectivity index (χ0) is 19.1. The molecule has 3 rings (SSSR count). The van der Waals surface area contributed by atoms with Crippen LogP contribution in [0.1, 0.15) is 15.9 Å². The molecule has 144 valence electrons. The first kappa shape index (κ1) is 19.1. The van der Waals surface area contributed by atoms with Gasteiger partial charge in [-0.05, 0) is 36.8 Å². The molecule has 1 fully saturated rings. The maximum absolute atomic E-state index is 12.4. The van der Waals surface area contributed by atoms with Crippen molar-refractivity contribution in [3.63, 3.8) is 0 Å². The fourth-order valence-electron chi connectivity index (χ4n) is 2.95. The number of hydrogen-bond acceptors (Lipinski definition) is 6. The molecule has 0 spiro atoms. The Kier molecular flexibility index (Phi) is 6.62. The second kappa shape index (κ2) is 9.34. The molecule has 0 unspecified atom stereocenters. The number of rotatable bonds is 7. The molecule has 1 saturated heterocycles. The Hall–Kier alpha value is -2.64. The van der Waals surface area contributed by atoms with E-state index in [4.69, 9.17) is 9.47 Å². The highest BCUT2D eigenvalue weighted by Crippen LogP contribution is 2.28. The summed E-state index contributed by atoms with van der Waals surface area (Å²) >= 11 is 0. The number of anilines is 2. The van der Waals surface area contributed by atoms with E-state index in [1.807, 2.05) is 25.1 Å². The smallest absolute Gasteiger partial charge is 0.251 e. The number of hydrogen-bond donors (Lipinski definition) is 2. The van der Waals surface area contributed by atoms with Crippen molar-refractivity contribution in [1.29, 1.82) is 0 Å².